The van der Waals surface area contributed by atoms with Crippen molar-refractivity contribution in [3.8, 4) is 5.75 Å². The fraction of sp³-hybridized carbons (Fsp3) is 0.346. The molecule has 2 aromatic rings. The number of carbonyl (C=O) groups excluding carboxylic acids is 5. The second-order valence-corrected chi connectivity index (χ2v) is 9.61. The van der Waals surface area contributed by atoms with Crippen LogP contribution in [0.25, 0.3) is 0 Å². The van der Waals surface area contributed by atoms with E-state index in [0.29, 0.717) is 5.56 Å². The zero-order valence-electron chi connectivity index (χ0n) is 19.0. The van der Waals surface area contributed by atoms with E-state index in [1.807, 2.05) is 18.2 Å². The van der Waals surface area contributed by atoms with Crippen molar-refractivity contribution >= 4 is 34.7 Å². The minimum Gasteiger partial charge on any atom is -0.507 e. The highest BCUT2D eigenvalue weighted by Gasteiger charge is 2.70. The monoisotopic (exact) mass is 492 g/mol. The van der Waals surface area contributed by atoms with Crippen molar-refractivity contribution in [2.24, 2.45) is 29.4 Å². The van der Waals surface area contributed by atoms with Crippen LogP contribution in [0, 0.1) is 23.7 Å². The fourth-order valence-corrected chi connectivity index (χ4v) is 6.16. The molecule has 2 saturated carbocycles. The summed E-state index contributed by atoms with van der Waals surface area (Å²) in [6.07, 6.45) is -2.26. The molecule has 0 spiro atoms. The molecule has 0 aliphatic heterocycles. The van der Waals surface area contributed by atoms with Gasteiger partial charge in [-0.15, -0.1) is 0 Å². The quantitative estimate of drug-likeness (QED) is 0.365. The van der Waals surface area contributed by atoms with Gasteiger partial charge in [0.05, 0.1) is 17.6 Å². The van der Waals surface area contributed by atoms with Crippen LogP contribution in [0.4, 0.5) is 5.69 Å². The second-order valence-electron chi connectivity index (χ2n) is 9.61. The Hall–Kier alpha value is -3.89. The van der Waals surface area contributed by atoms with Crippen molar-refractivity contribution in [3.05, 3.63) is 59.7 Å². The lowest BCUT2D eigenvalue weighted by Gasteiger charge is -2.53. The Morgan fingerprint density at radius 3 is 2.39 bits per heavy atom. The molecule has 3 aliphatic carbocycles. The number of amides is 1. The summed E-state index contributed by atoms with van der Waals surface area (Å²) in [4.78, 5) is 64.8. The van der Waals surface area contributed by atoms with Gasteiger partial charge in [0.1, 0.15) is 5.75 Å². The van der Waals surface area contributed by atoms with Gasteiger partial charge in [0.25, 0.3) is 0 Å². The first-order chi connectivity index (χ1) is 17.1. The molecule has 186 valence electrons. The van der Waals surface area contributed by atoms with Crippen LogP contribution in [0.2, 0.25) is 0 Å². The number of para-hydroxylation sites is 1. The highest BCUT2D eigenvalue weighted by Crippen LogP contribution is 2.53. The number of phenolic OH excluding ortho intramolecular Hbond substituents is 1. The van der Waals surface area contributed by atoms with E-state index in [9.17, 15) is 39.3 Å². The van der Waals surface area contributed by atoms with Crippen LogP contribution >= 0.6 is 0 Å². The molecule has 3 aliphatic rings. The lowest BCUT2D eigenvalue weighted by molar-refractivity contribution is -0.189. The summed E-state index contributed by atoms with van der Waals surface area (Å²) in [6, 6.07) is 13.5. The summed E-state index contributed by atoms with van der Waals surface area (Å²) in [7, 11) is 0. The van der Waals surface area contributed by atoms with Gasteiger partial charge < -0.3 is 26.4 Å². The molecular weight excluding hydrogens is 468 g/mol. The van der Waals surface area contributed by atoms with Gasteiger partial charge in [-0.2, -0.15) is 0 Å². The van der Waals surface area contributed by atoms with Crippen molar-refractivity contribution in [2.45, 2.75) is 24.0 Å². The van der Waals surface area contributed by atoms with E-state index in [2.05, 4.69) is 5.32 Å². The fourth-order valence-electron chi connectivity index (χ4n) is 6.16. The lowest BCUT2D eigenvalue weighted by atomic mass is 9.50. The van der Waals surface area contributed by atoms with Crippen LogP contribution in [-0.4, -0.2) is 62.6 Å². The van der Waals surface area contributed by atoms with E-state index in [4.69, 9.17) is 5.73 Å². The molecule has 0 radical (unpaired) electrons. The molecule has 10 heteroatoms. The average molecular weight is 492 g/mol. The second kappa shape index (κ2) is 8.35. The number of aromatic hydroxyl groups is 1. The molecular formula is C26H24N2O8. The number of nitrogens with two attached hydrogens (primary N) is 1. The van der Waals surface area contributed by atoms with Crippen molar-refractivity contribution in [1.82, 2.24) is 0 Å². The summed E-state index contributed by atoms with van der Waals surface area (Å²) in [6.45, 7) is 0.135. The van der Waals surface area contributed by atoms with E-state index in [-0.39, 0.29) is 17.9 Å². The number of rotatable bonds is 4. The van der Waals surface area contributed by atoms with Gasteiger partial charge >= 0.3 is 0 Å². The molecule has 0 bridgehead atoms. The Kier molecular flexibility index (Phi) is 5.53. The first-order valence-corrected chi connectivity index (χ1v) is 11.5. The zero-order valence-corrected chi connectivity index (χ0v) is 19.0. The predicted molar refractivity (Wildman–Crippen MR) is 124 cm³/mol. The lowest BCUT2D eigenvalue weighted by Crippen LogP contribution is -2.72. The number of primary amides is 1. The Bertz CT molecular complexity index is 1310. The SMILES string of the molecule is NC(=O)C1C(=O)C[C@@H]2[C@@H](O)[C@H]3C(C(=O)c4c(O)cccc4[C@@H]3CNc3ccccc3)C(=O)[C@]2(O)C1=O. The zero-order chi connectivity index (χ0) is 25.9. The van der Waals surface area contributed by atoms with Gasteiger partial charge in [0.2, 0.25) is 5.91 Å². The number of benzene rings is 2. The number of fused-ring (bicyclic) bond motifs is 3. The Labute approximate surface area is 205 Å². The third-order valence-electron chi connectivity index (χ3n) is 7.82. The van der Waals surface area contributed by atoms with Gasteiger partial charge in [-0.3, -0.25) is 24.0 Å². The topological polar surface area (TPSA) is 184 Å². The number of Topliss-reactive ketones (excluding diaryl/α,β-unsaturated/α-hetero) is 4. The molecule has 6 N–H and O–H groups in total. The maximum absolute atomic E-state index is 13.7. The van der Waals surface area contributed by atoms with Crippen LogP contribution in [-0.2, 0) is 19.2 Å². The van der Waals surface area contributed by atoms with Gasteiger partial charge in [0, 0.05) is 36.4 Å². The number of anilines is 1. The third-order valence-corrected chi connectivity index (χ3v) is 7.82. The van der Waals surface area contributed by atoms with E-state index >= 15 is 0 Å². The number of phenols is 1. The van der Waals surface area contributed by atoms with Crippen LogP contribution in [0.3, 0.4) is 0 Å². The van der Waals surface area contributed by atoms with Crippen molar-refractivity contribution in [3.63, 3.8) is 0 Å². The number of hydrogen-bond donors (Lipinski definition) is 5. The minimum atomic E-state index is -2.94. The maximum atomic E-state index is 13.7. The number of hydrogen-bond acceptors (Lipinski definition) is 9. The number of ketones is 4. The van der Waals surface area contributed by atoms with Crippen molar-refractivity contribution < 1.29 is 39.3 Å². The van der Waals surface area contributed by atoms with E-state index in [1.54, 1.807) is 18.2 Å². The molecule has 2 aromatic carbocycles. The normalized spacial score (nSPS) is 33.4. The first kappa shape index (κ1) is 23.8. The number of carbonyl (C=O) groups is 5. The van der Waals surface area contributed by atoms with Crippen LogP contribution in [0.15, 0.2) is 48.5 Å². The predicted octanol–water partition coefficient (Wildman–Crippen LogP) is -0.0491. The molecule has 0 saturated heterocycles. The average Bonchev–Trinajstić information content (AvgIpc) is 2.84. The van der Waals surface area contributed by atoms with E-state index < -0.39 is 76.8 Å². The van der Waals surface area contributed by atoms with Gasteiger partial charge in [-0.25, -0.2) is 0 Å². The molecule has 0 aromatic heterocycles. The third kappa shape index (κ3) is 3.21. The van der Waals surface area contributed by atoms with Crippen LogP contribution < -0.4 is 11.1 Å². The molecule has 2 fully saturated rings. The molecule has 36 heavy (non-hydrogen) atoms. The number of nitrogens with one attached hydrogen (secondary N) is 1. The molecule has 7 atom stereocenters. The van der Waals surface area contributed by atoms with Gasteiger partial charge in [-0.1, -0.05) is 30.3 Å². The standard InChI is InChI=1S/C26H24N2O8/c27-25(35)19-16(30)9-14-21(31)18-13(10-28-11-5-2-1-3-6-11)12-7-4-8-15(29)17(12)22(32)20(18)24(34)26(14,36)23(19)33/h1-8,13-14,18-21,28-29,31,36H,9-10H2,(H2,27,35)/t13-,14+,18+,19?,20?,21+,26+/m0/s1. The summed E-state index contributed by atoms with van der Waals surface area (Å²) in [5, 5.41) is 36.5. The van der Waals surface area contributed by atoms with Gasteiger partial charge in [-0.05, 0) is 23.8 Å². The smallest absolute Gasteiger partial charge is 0.235 e. The highest BCUT2D eigenvalue weighted by molar-refractivity contribution is 6.31. The van der Waals surface area contributed by atoms with Crippen LogP contribution in [0.5, 0.6) is 5.75 Å². The Balaban J connectivity index is 1.63. The molecule has 5 rings (SSSR count). The Morgan fingerprint density at radius 2 is 1.72 bits per heavy atom. The minimum absolute atomic E-state index is 0.132. The summed E-state index contributed by atoms with van der Waals surface area (Å²) < 4.78 is 0. The highest BCUT2D eigenvalue weighted by atomic mass is 16.3. The first-order valence-electron chi connectivity index (χ1n) is 11.5. The van der Waals surface area contributed by atoms with Gasteiger partial charge in [0.15, 0.2) is 34.7 Å². The Morgan fingerprint density at radius 1 is 1.03 bits per heavy atom. The van der Waals surface area contributed by atoms with Crippen molar-refractivity contribution in [2.75, 3.05) is 11.9 Å². The molecule has 0 heterocycles. The largest absolute Gasteiger partial charge is 0.507 e. The molecule has 2 unspecified atom stereocenters. The van der Waals surface area contributed by atoms with E-state index in [1.165, 1.54) is 12.1 Å². The number of aliphatic hydroxyl groups excluding tert-OH is 1. The molecule has 10 nitrogen and oxygen atoms in total. The maximum Gasteiger partial charge on any atom is 0.235 e. The van der Waals surface area contributed by atoms with Crippen LogP contribution in [0.1, 0.15) is 28.3 Å². The van der Waals surface area contributed by atoms with E-state index in [0.717, 1.165) is 5.69 Å². The summed E-state index contributed by atoms with van der Waals surface area (Å²) in [5.74, 6) is -13.2. The summed E-state index contributed by atoms with van der Waals surface area (Å²) >= 11 is 0. The summed E-state index contributed by atoms with van der Waals surface area (Å²) in [5.41, 5.74) is 3.24. The number of aliphatic hydroxyl groups is 2. The van der Waals surface area contributed by atoms with Crippen molar-refractivity contribution in [1.29, 1.82) is 0 Å². The molecule has 1 amide bonds.